The highest BCUT2D eigenvalue weighted by Gasteiger charge is 2.33. The largest absolute Gasteiger partial charge is 0.465 e. The lowest BCUT2D eigenvalue weighted by atomic mass is 10.0. The van der Waals surface area contributed by atoms with Crippen molar-refractivity contribution in [2.45, 2.75) is 12.2 Å². The summed E-state index contributed by atoms with van der Waals surface area (Å²) >= 11 is 12.2. The number of amides is 1. The van der Waals surface area contributed by atoms with Gasteiger partial charge in [-0.3, -0.25) is 5.32 Å². The lowest BCUT2D eigenvalue weighted by molar-refractivity contribution is 0.00996. The molecule has 1 heterocycles. The van der Waals surface area contributed by atoms with Gasteiger partial charge < -0.3 is 9.47 Å². The van der Waals surface area contributed by atoms with E-state index in [-0.39, 0.29) is 6.54 Å². The number of aliphatic imine (C=N–C) groups is 1. The van der Waals surface area contributed by atoms with E-state index in [0.717, 1.165) is 5.56 Å². The average Bonchev–Trinajstić information content (AvgIpc) is 2.77. The minimum atomic E-state index is -0.595. The summed E-state index contributed by atoms with van der Waals surface area (Å²) in [5, 5.41) is 3.59. The maximum atomic E-state index is 12.4. The number of halogens is 2. The zero-order chi connectivity index (χ0) is 20.9. The maximum absolute atomic E-state index is 12.4. The van der Waals surface area contributed by atoms with Gasteiger partial charge >= 0.3 is 6.09 Å². The van der Waals surface area contributed by atoms with E-state index in [1.807, 2.05) is 48.5 Å². The van der Waals surface area contributed by atoms with Crippen LogP contribution in [-0.4, -0.2) is 24.6 Å². The van der Waals surface area contributed by atoms with Gasteiger partial charge in [-0.05, 0) is 35.9 Å². The molecule has 5 nitrogen and oxygen atoms in total. The molecule has 0 fully saturated rings. The molecule has 2 unspecified atom stereocenters. The zero-order valence-electron chi connectivity index (χ0n) is 15.8. The fourth-order valence-electron chi connectivity index (χ4n) is 3.12. The van der Waals surface area contributed by atoms with E-state index < -0.39 is 18.3 Å². The van der Waals surface area contributed by atoms with Crippen LogP contribution in [0.5, 0.6) is 0 Å². The molecule has 0 saturated heterocycles. The number of hydrogen-bond donors (Lipinski definition) is 1. The summed E-state index contributed by atoms with van der Waals surface area (Å²) in [6.07, 6.45) is -1.68. The maximum Gasteiger partial charge on any atom is 0.412 e. The molecular formula is C23H18Cl2N2O3. The van der Waals surface area contributed by atoms with Crippen molar-refractivity contribution in [2.75, 3.05) is 11.9 Å². The minimum absolute atomic E-state index is 0.247. The fraction of sp³-hybridized carbons (Fsp3) is 0.130. The molecule has 1 aliphatic heterocycles. The Morgan fingerprint density at radius 3 is 2.37 bits per heavy atom. The van der Waals surface area contributed by atoms with Gasteiger partial charge in [0.25, 0.3) is 0 Å². The molecule has 30 heavy (non-hydrogen) atoms. The van der Waals surface area contributed by atoms with Gasteiger partial charge in [-0.15, -0.1) is 0 Å². The predicted molar refractivity (Wildman–Crippen MR) is 118 cm³/mol. The molecule has 0 bridgehead atoms. The second kappa shape index (κ2) is 9.20. The zero-order valence-corrected chi connectivity index (χ0v) is 17.3. The first kappa shape index (κ1) is 20.3. The number of nitrogens with one attached hydrogen (secondary N) is 1. The molecule has 7 heteroatoms. The number of para-hydroxylation sites is 1. The molecule has 0 radical (unpaired) electrons. The second-order valence-electron chi connectivity index (χ2n) is 6.66. The molecule has 3 aromatic rings. The van der Waals surface area contributed by atoms with E-state index in [4.69, 9.17) is 32.7 Å². The Kier molecular flexibility index (Phi) is 6.21. The standard InChI is InChI=1S/C23H18Cl2N2O3/c24-18-12-11-16(13-19(18)25)22-26-14-20(21(30-22)15-7-3-1-4-8-15)29-23(28)27-17-9-5-2-6-10-17/h1-13,20-21H,14H2,(H,27,28). The molecular weight excluding hydrogens is 423 g/mol. The van der Waals surface area contributed by atoms with Crippen LogP contribution in [0, 0.1) is 0 Å². The molecule has 1 aliphatic rings. The third-order valence-corrected chi connectivity index (χ3v) is 5.30. The molecule has 0 aliphatic carbocycles. The number of nitrogens with zero attached hydrogens (tertiary/aromatic N) is 1. The lowest BCUT2D eigenvalue weighted by Crippen LogP contribution is -2.37. The van der Waals surface area contributed by atoms with E-state index in [1.54, 1.807) is 30.3 Å². The highest BCUT2D eigenvalue weighted by atomic mass is 35.5. The molecule has 0 spiro atoms. The highest BCUT2D eigenvalue weighted by Crippen LogP contribution is 2.31. The Balaban J connectivity index is 1.56. The Bertz CT molecular complexity index is 1060. The molecule has 0 aromatic heterocycles. The SMILES string of the molecule is O=C(Nc1ccccc1)OC1CN=C(c2ccc(Cl)c(Cl)c2)OC1c1ccccc1. The van der Waals surface area contributed by atoms with Gasteiger partial charge in [-0.25, -0.2) is 9.79 Å². The smallest absolute Gasteiger partial charge is 0.412 e. The van der Waals surface area contributed by atoms with Crippen LogP contribution in [0.3, 0.4) is 0 Å². The quantitative estimate of drug-likeness (QED) is 0.530. The summed E-state index contributed by atoms with van der Waals surface area (Å²) in [4.78, 5) is 16.9. The number of carbonyl (C=O) groups is 1. The molecule has 1 N–H and O–H groups in total. The number of carbonyl (C=O) groups excluding carboxylic acids is 1. The predicted octanol–water partition coefficient (Wildman–Crippen LogP) is 6.13. The first-order valence-corrected chi connectivity index (χ1v) is 10.1. The van der Waals surface area contributed by atoms with E-state index in [0.29, 0.717) is 27.2 Å². The summed E-state index contributed by atoms with van der Waals surface area (Å²) in [5.74, 6) is 0.422. The molecule has 1 amide bonds. The van der Waals surface area contributed by atoms with Gasteiger partial charge in [0.1, 0.15) is 0 Å². The third-order valence-electron chi connectivity index (χ3n) is 4.56. The summed E-state index contributed by atoms with van der Waals surface area (Å²) in [5.41, 5.74) is 2.23. The Hall–Kier alpha value is -3.02. The minimum Gasteiger partial charge on any atom is -0.465 e. The second-order valence-corrected chi connectivity index (χ2v) is 7.47. The lowest BCUT2D eigenvalue weighted by Gasteiger charge is -2.31. The molecule has 152 valence electrons. The van der Waals surface area contributed by atoms with E-state index in [2.05, 4.69) is 10.3 Å². The van der Waals surface area contributed by atoms with Crippen LogP contribution >= 0.6 is 23.2 Å². The van der Waals surface area contributed by atoms with Gasteiger partial charge in [-0.2, -0.15) is 0 Å². The Morgan fingerprint density at radius 2 is 1.67 bits per heavy atom. The molecule has 2 atom stereocenters. The van der Waals surface area contributed by atoms with Crippen LogP contribution in [0.15, 0.2) is 83.9 Å². The number of hydrogen-bond acceptors (Lipinski definition) is 4. The summed E-state index contributed by atoms with van der Waals surface area (Å²) in [7, 11) is 0. The van der Waals surface area contributed by atoms with Gasteiger partial charge in [0, 0.05) is 11.3 Å². The number of anilines is 1. The van der Waals surface area contributed by atoms with Gasteiger partial charge in [0.05, 0.1) is 16.6 Å². The van der Waals surface area contributed by atoms with Crippen molar-refractivity contribution in [3.8, 4) is 0 Å². The van der Waals surface area contributed by atoms with Crippen LogP contribution < -0.4 is 5.32 Å². The fourth-order valence-corrected chi connectivity index (χ4v) is 3.42. The Morgan fingerprint density at radius 1 is 0.967 bits per heavy atom. The molecule has 3 aromatic carbocycles. The molecule has 0 saturated carbocycles. The highest BCUT2D eigenvalue weighted by molar-refractivity contribution is 6.42. The van der Waals surface area contributed by atoms with Crippen molar-refractivity contribution in [2.24, 2.45) is 4.99 Å². The first-order chi connectivity index (χ1) is 14.6. The summed E-state index contributed by atoms with van der Waals surface area (Å²) in [6, 6.07) is 23.9. The van der Waals surface area contributed by atoms with E-state index >= 15 is 0 Å². The first-order valence-electron chi connectivity index (χ1n) is 9.34. The van der Waals surface area contributed by atoms with Crippen molar-refractivity contribution in [3.63, 3.8) is 0 Å². The Labute approximate surface area is 184 Å². The normalized spacial score (nSPS) is 18.1. The van der Waals surface area contributed by atoms with Gasteiger partial charge in [0.2, 0.25) is 5.90 Å². The number of rotatable bonds is 4. The van der Waals surface area contributed by atoms with Gasteiger partial charge in [0.15, 0.2) is 12.2 Å². The average molecular weight is 441 g/mol. The van der Waals surface area contributed by atoms with E-state index in [9.17, 15) is 4.79 Å². The van der Waals surface area contributed by atoms with Crippen molar-refractivity contribution >= 4 is 40.9 Å². The van der Waals surface area contributed by atoms with Crippen LogP contribution in [0.2, 0.25) is 10.0 Å². The van der Waals surface area contributed by atoms with Crippen molar-refractivity contribution in [1.82, 2.24) is 0 Å². The molecule has 4 rings (SSSR count). The van der Waals surface area contributed by atoms with Crippen molar-refractivity contribution < 1.29 is 14.3 Å². The van der Waals surface area contributed by atoms with Crippen molar-refractivity contribution in [1.29, 1.82) is 0 Å². The van der Waals surface area contributed by atoms with Crippen LogP contribution in [-0.2, 0) is 9.47 Å². The van der Waals surface area contributed by atoms with Crippen LogP contribution in [0.1, 0.15) is 17.2 Å². The third kappa shape index (κ3) is 4.75. The van der Waals surface area contributed by atoms with Crippen molar-refractivity contribution in [3.05, 3.63) is 100 Å². The van der Waals surface area contributed by atoms with Crippen LogP contribution in [0.4, 0.5) is 10.5 Å². The number of ether oxygens (including phenoxy) is 2. The summed E-state index contributed by atoms with van der Waals surface area (Å²) < 4.78 is 11.8. The van der Waals surface area contributed by atoms with E-state index in [1.165, 1.54) is 0 Å². The topological polar surface area (TPSA) is 59.9 Å². The van der Waals surface area contributed by atoms with Gasteiger partial charge in [-0.1, -0.05) is 71.7 Å². The number of benzene rings is 3. The van der Waals surface area contributed by atoms with Crippen LogP contribution in [0.25, 0.3) is 0 Å². The monoisotopic (exact) mass is 440 g/mol. The summed E-state index contributed by atoms with van der Waals surface area (Å²) in [6.45, 7) is 0.247.